The molecule has 2 saturated heterocycles. The van der Waals surface area contributed by atoms with Crippen molar-refractivity contribution in [3.63, 3.8) is 0 Å². The third-order valence-corrected chi connectivity index (χ3v) is 7.10. The molecule has 1 N–H and O–H groups in total. The normalized spacial score (nSPS) is 30.0. The van der Waals surface area contributed by atoms with E-state index in [9.17, 15) is 13.2 Å². The minimum absolute atomic E-state index is 0.0553. The van der Waals surface area contributed by atoms with E-state index in [2.05, 4.69) is 22.2 Å². The standard InChI is InChI=1S/C15H20N4O3S/c1-15(3-4-15)13-16-5-2-12(17-13)18-14(20)19-6-10-8-23(21,22)9-11(10)7-19/h2,5,10-11H,3-4,6-9H2,1H3,(H,16,17,18,20)/t10-,11+. The Morgan fingerprint density at radius 3 is 2.57 bits per heavy atom. The van der Waals surface area contributed by atoms with Gasteiger partial charge in [-0.1, -0.05) is 6.92 Å². The number of nitrogens with zero attached hydrogens (tertiary/aromatic N) is 3. The van der Waals surface area contributed by atoms with Gasteiger partial charge in [0, 0.05) is 24.7 Å². The van der Waals surface area contributed by atoms with E-state index in [0.717, 1.165) is 18.7 Å². The van der Waals surface area contributed by atoms with E-state index in [1.54, 1.807) is 17.2 Å². The number of nitrogens with one attached hydrogen (secondary N) is 1. The Morgan fingerprint density at radius 2 is 1.96 bits per heavy atom. The first-order chi connectivity index (χ1) is 10.8. The van der Waals surface area contributed by atoms with Gasteiger partial charge in [0.2, 0.25) is 0 Å². The molecule has 7 nitrogen and oxygen atoms in total. The molecule has 1 aromatic heterocycles. The van der Waals surface area contributed by atoms with Crippen LogP contribution < -0.4 is 5.32 Å². The highest BCUT2D eigenvalue weighted by Gasteiger charge is 2.45. The lowest BCUT2D eigenvalue weighted by molar-refractivity contribution is 0.220. The van der Waals surface area contributed by atoms with Crippen LogP contribution in [0.3, 0.4) is 0 Å². The van der Waals surface area contributed by atoms with Gasteiger partial charge in [-0.2, -0.15) is 0 Å². The van der Waals surface area contributed by atoms with Crippen LogP contribution >= 0.6 is 0 Å². The fourth-order valence-corrected chi connectivity index (χ4v) is 5.72. The second kappa shape index (κ2) is 4.90. The van der Waals surface area contributed by atoms with Crippen LogP contribution in [0.2, 0.25) is 0 Å². The Balaban J connectivity index is 1.42. The SMILES string of the molecule is CC1(c2nccc(NC(=O)N3C[C@@H]4CS(=O)(=O)C[C@@H]4C3)n2)CC1. The molecule has 23 heavy (non-hydrogen) atoms. The Morgan fingerprint density at radius 1 is 1.30 bits per heavy atom. The molecule has 1 aromatic rings. The van der Waals surface area contributed by atoms with Crippen molar-refractivity contribution < 1.29 is 13.2 Å². The molecule has 2 atom stereocenters. The quantitative estimate of drug-likeness (QED) is 0.871. The molecule has 4 rings (SSSR count). The lowest BCUT2D eigenvalue weighted by Gasteiger charge is -2.18. The van der Waals surface area contributed by atoms with Crippen molar-refractivity contribution in [1.82, 2.24) is 14.9 Å². The topological polar surface area (TPSA) is 92.3 Å². The van der Waals surface area contributed by atoms with Gasteiger partial charge in [0.1, 0.15) is 11.6 Å². The predicted molar refractivity (Wildman–Crippen MR) is 84.8 cm³/mol. The Kier molecular flexibility index (Phi) is 3.16. The number of likely N-dealkylation sites (tertiary alicyclic amines) is 1. The summed E-state index contributed by atoms with van der Waals surface area (Å²) < 4.78 is 23.2. The van der Waals surface area contributed by atoms with Crippen molar-refractivity contribution in [2.45, 2.75) is 25.2 Å². The van der Waals surface area contributed by atoms with E-state index in [-0.39, 0.29) is 34.8 Å². The zero-order chi connectivity index (χ0) is 16.2. The molecule has 0 radical (unpaired) electrons. The molecule has 2 aliphatic heterocycles. The van der Waals surface area contributed by atoms with Gasteiger partial charge in [-0.3, -0.25) is 5.32 Å². The zero-order valence-electron chi connectivity index (χ0n) is 13.0. The molecule has 3 aliphatic rings. The van der Waals surface area contributed by atoms with Gasteiger partial charge >= 0.3 is 6.03 Å². The number of aromatic nitrogens is 2. The minimum Gasteiger partial charge on any atom is -0.324 e. The highest BCUT2D eigenvalue weighted by atomic mass is 32.2. The lowest BCUT2D eigenvalue weighted by atomic mass is 10.0. The predicted octanol–water partition coefficient (Wildman–Crippen LogP) is 1.04. The summed E-state index contributed by atoms with van der Waals surface area (Å²) >= 11 is 0. The molecule has 1 saturated carbocycles. The smallest absolute Gasteiger partial charge is 0.323 e. The highest BCUT2D eigenvalue weighted by Crippen LogP contribution is 2.45. The summed E-state index contributed by atoms with van der Waals surface area (Å²) in [6.07, 6.45) is 3.83. The molecule has 2 amide bonds. The first kappa shape index (κ1) is 14.9. The number of anilines is 1. The number of amides is 2. The summed E-state index contributed by atoms with van der Waals surface area (Å²) in [5, 5.41) is 2.82. The summed E-state index contributed by atoms with van der Waals surface area (Å²) in [6, 6.07) is 1.48. The largest absolute Gasteiger partial charge is 0.324 e. The fourth-order valence-electron chi connectivity index (χ4n) is 3.52. The lowest BCUT2D eigenvalue weighted by Crippen LogP contribution is -2.35. The second-order valence-electron chi connectivity index (χ2n) is 7.26. The molecule has 0 aromatic carbocycles. The molecule has 124 valence electrons. The summed E-state index contributed by atoms with van der Waals surface area (Å²) in [5.41, 5.74) is 0.0553. The molecule has 0 spiro atoms. The Labute approximate surface area is 135 Å². The maximum Gasteiger partial charge on any atom is 0.323 e. The van der Waals surface area contributed by atoms with Gasteiger partial charge in [0.05, 0.1) is 11.5 Å². The highest BCUT2D eigenvalue weighted by molar-refractivity contribution is 7.91. The number of fused-ring (bicyclic) bond motifs is 1. The Hall–Kier alpha value is -1.70. The van der Waals surface area contributed by atoms with E-state index < -0.39 is 9.84 Å². The third kappa shape index (κ3) is 2.80. The van der Waals surface area contributed by atoms with Crippen molar-refractivity contribution in [3.05, 3.63) is 18.1 Å². The first-order valence-corrected chi connectivity index (χ1v) is 9.77. The Bertz CT molecular complexity index is 740. The molecule has 1 aliphatic carbocycles. The molecular formula is C15H20N4O3S. The number of hydrogen-bond donors (Lipinski definition) is 1. The zero-order valence-corrected chi connectivity index (χ0v) is 13.8. The van der Waals surface area contributed by atoms with Crippen molar-refractivity contribution >= 4 is 21.7 Å². The molecule has 3 fully saturated rings. The summed E-state index contributed by atoms with van der Waals surface area (Å²) in [6.45, 7) is 3.13. The second-order valence-corrected chi connectivity index (χ2v) is 9.41. The van der Waals surface area contributed by atoms with Crippen LogP contribution in [0.15, 0.2) is 12.3 Å². The van der Waals surface area contributed by atoms with Crippen molar-refractivity contribution in [1.29, 1.82) is 0 Å². The van der Waals surface area contributed by atoms with Crippen LogP contribution in [0.1, 0.15) is 25.6 Å². The van der Waals surface area contributed by atoms with Crippen LogP contribution in [0.4, 0.5) is 10.6 Å². The van der Waals surface area contributed by atoms with Gasteiger partial charge in [-0.25, -0.2) is 23.2 Å². The number of rotatable bonds is 2. The monoisotopic (exact) mass is 336 g/mol. The summed E-state index contributed by atoms with van der Waals surface area (Å²) in [4.78, 5) is 22.8. The van der Waals surface area contributed by atoms with Gasteiger partial charge in [-0.05, 0) is 30.7 Å². The summed E-state index contributed by atoms with van der Waals surface area (Å²) in [7, 11) is -2.91. The van der Waals surface area contributed by atoms with E-state index in [0.29, 0.717) is 18.9 Å². The van der Waals surface area contributed by atoms with Crippen LogP contribution in [0, 0.1) is 11.8 Å². The number of hydrogen-bond acceptors (Lipinski definition) is 5. The molecular weight excluding hydrogens is 316 g/mol. The maximum atomic E-state index is 12.4. The molecule has 0 unspecified atom stereocenters. The van der Waals surface area contributed by atoms with E-state index in [1.165, 1.54) is 0 Å². The van der Waals surface area contributed by atoms with Gasteiger partial charge < -0.3 is 4.90 Å². The average molecular weight is 336 g/mol. The van der Waals surface area contributed by atoms with Gasteiger partial charge in [0.15, 0.2) is 9.84 Å². The van der Waals surface area contributed by atoms with Crippen LogP contribution in [0.25, 0.3) is 0 Å². The van der Waals surface area contributed by atoms with Gasteiger partial charge in [0.25, 0.3) is 0 Å². The molecule has 3 heterocycles. The summed E-state index contributed by atoms with van der Waals surface area (Å²) in [5.74, 6) is 1.86. The van der Waals surface area contributed by atoms with Crippen LogP contribution in [0.5, 0.6) is 0 Å². The first-order valence-electron chi connectivity index (χ1n) is 7.95. The van der Waals surface area contributed by atoms with Crippen molar-refractivity contribution in [2.24, 2.45) is 11.8 Å². The van der Waals surface area contributed by atoms with Crippen LogP contribution in [-0.2, 0) is 15.3 Å². The maximum absolute atomic E-state index is 12.4. The number of carbonyl (C=O) groups is 1. The molecule has 0 bridgehead atoms. The van der Waals surface area contributed by atoms with Crippen molar-refractivity contribution in [3.8, 4) is 0 Å². The number of carbonyl (C=O) groups excluding carboxylic acids is 1. The third-order valence-electron chi connectivity index (χ3n) is 5.23. The number of urea groups is 1. The van der Waals surface area contributed by atoms with Gasteiger partial charge in [-0.15, -0.1) is 0 Å². The molecule has 8 heteroatoms. The van der Waals surface area contributed by atoms with E-state index in [4.69, 9.17) is 0 Å². The number of sulfone groups is 1. The fraction of sp³-hybridized carbons (Fsp3) is 0.667. The van der Waals surface area contributed by atoms with Crippen molar-refractivity contribution in [2.75, 3.05) is 29.9 Å². The minimum atomic E-state index is -2.91. The van der Waals surface area contributed by atoms with E-state index >= 15 is 0 Å². The van der Waals surface area contributed by atoms with Crippen LogP contribution in [-0.4, -0.2) is 53.9 Å². The van der Waals surface area contributed by atoms with E-state index in [1.807, 2.05) is 0 Å². The average Bonchev–Trinajstić information content (AvgIpc) is 3.01.